The number of fused-ring (bicyclic) bond motifs is 1. The van der Waals surface area contributed by atoms with Crippen molar-refractivity contribution in [2.45, 2.75) is 32.1 Å². The normalized spacial score (nSPS) is 14.3. The molecular formula is C15H17N3OS. The van der Waals surface area contributed by atoms with E-state index in [-0.39, 0.29) is 10.7 Å². The highest BCUT2D eigenvalue weighted by Crippen LogP contribution is 2.30. The highest BCUT2D eigenvalue weighted by atomic mass is 32.1. The molecule has 0 atom stereocenters. The van der Waals surface area contributed by atoms with Gasteiger partial charge in [0.15, 0.2) is 0 Å². The van der Waals surface area contributed by atoms with Crippen LogP contribution in [-0.2, 0) is 11.3 Å². The van der Waals surface area contributed by atoms with E-state index in [0.29, 0.717) is 6.54 Å². The Labute approximate surface area is 123 Å². The molecular weight excluding hydrogens is 270 g/mol. The van der Waals surface area contributed by atoms with Crippen molar-refractivity contribution in [1.29, 1.82) is 0 Å². The smallest absolute Gasteiger partial charge is 0.251 e. The highest BCUT2D eigenvalue weighted by molar-refractivity contribution is 7.81. The third kappa shape index (κ3) is 2.12. The van der Waals surface area contributed by atoms with Gasteiger partial charge in [-0.2, -0.15) is 12.6 Å². The second-order valence-electron chi connectivity index (χ2n) is 5.67. The van der Waals surface area contributed by atoms with E-state index in [2.05, 4.69) is 27.9 Å². The minimum atomic E-state index is -0.322. The number of benzene rings is 1. The number of H-pyrrole nitrogens is 1. The number of aryl methyl sites for hydroxylation is 1. The number of aromatic nitrogens is 2. The van der Waals surface area contributed by atoms with Crippen molar-refractivity contribution in [1.82, 2.24) is 15.3 Å². The molecule has 2 N–H and O–H groups in total. The van der Waals surface area contributed by atoms with Crippen LogP contribution in [0, 0.1) is 6.92 Å². The Hall–Kier alpha value is -1.75. The van der Waals surface area contributed by atoms with Crippen LogP contribution in [-0.4, -0.2) is 15.9 Å². The lowest BCUT2D eigenvalue weighted by Gasteiger charge is -2.12. The van der Waals surface area contributed by atoms with Crippen molar-refractivity contribution in [3.63, 3.8) is 0 Å². The number of nitrogens with one attached hydrogen (secondary N) is 2. The first-order chi connectivity index (χ1) is 9.36. The summed E-state index contributed by atoms with van der Waals surface area (Å²) >= 11 is 4.54. The molecule has 20 heavy (non-hydrogen) atoms. The van der Waals surface area contributed by atoms with E-state index in [1.54, 1.807) is 0 Å². The zero-order valence-electron chi connectivity index (χ0n) is 11.7. The van der Waals surface area contributed by atoms with E-state index >= 15 is 0 Å². The van der Waals surface area contributed by atoms with Crippen LogP contribution in [0.25, 0.3) is 11.3 Å². The van der Waals surface area contributed by atoms with Gasteiger partial charge in [0.05, 0.1) is 10.4 Å². The van der Waals surface area contributed by atoms with Crippen LogP contribution in [0.1, 0.15) is 41.3 Å². The lowest BCUT2D eigenvalue weighted by molar-refractivity contribution is 0.0966. The average molecular weight is 287 g/mol. The summed E-state index contributed by atoms with van der Waals surface area (Å²) in [5.41, 5.74) is 4.61. The molecule has 0 unspecified atom stereocenters. The Morgan fingerprint density at radius 2 is 2.10 bits per heavy atom. The van der Waals surface area contributed by atoms with Crippen molar-refractivity contribution in [2.75, 3.05) is 0 Å². The van der Waals surface area contributed by atoms with Crippen LogP contribution in [0.5, 0.6) is 0 Å². The molecule has 0 saturated heterocycles. The van der Waals surface area contributed by atoms with E-state index in [9.17, 15) is 4.79 Å². The summed E-state index contributed by atoms with van der Waals surface area (Å²) in [5.74, 6) is 0.822. The van der Waals surface area contributed by atoms with Gasteiger partial charge in [-0.25, -0.2) is 4.98 Å². The van der Waals surface area contributed by atoms with Crippen molar-refractivity contribution in [2.24, 2.45) is 0 Å². The SMILES string of the molecule is Cc1[nH]c(C(C)(C)S)nc1-c1ccc2c(c1)C(=O)NC2. The summed E-state index contributed by atoms with van der Waals surface area (Å²) in [6.07, 6.45) is 0. The van der Waals surface area contributed by atoms with Gasteiger partial charge in [0.1, 0.15) is 5.82 Å². The predicted octanol–water partition coefficient (Wildman–Crippen LogP) is 2.79. The highest BCUT2D eigenvalue weighted by Gasteiger charge is 2.23. The lowest BCUT2D eigenvalue weighted by atomic mass is 10.0. The predicted molar refractivity (Wildman–Crippen MR) is 81.9 cm³/mol. The molecule has 1 amide bonds. The van der Waals surface area contributed by atoms with E-state index in [1.165, 1.54) is 0 Å². The molecule has 0 radical (unpaired) electrons. The molecule has 1 aliphatic rings. The number of thiol groups is 1. The Balaban J connectivity index is 2.08. The molecule has 2 aromatic rings. The standard InChI is InChI=1S/C15H17N3OS/c1-8-12(18-14(17-8)15(2,3)20)9-4-5-10-7-16-13(19)11(10)6-9/h4-6,20H,7H2,1-3H3,(H,16,19)(H,17,18). The van der Waals surface area contributed by atoms with Gasteiger partial charge in [-0.3, -0.25) is 4.79 Å². The molecule has 2 heterocycles. The quantitative estimate of drug-likeness (QED) is 0.744. The third-order valence-corrected chi connectivity index (χ3v) is 3.74. The molecule has 1 aromatic heterocycles. The van der Waals surface area contributed by atoms with Gasteiger partial charge < -0.3 is 10.3 Å². The van der Waals surface area contributed by atoms with Crippen LogP contribution in [0.4, 0.5) is 0 Å². The molecule has 0 fully saturated rings. The molecule has 104 valence electrons. The van der Waals surface area contributed by atoms with Crippen molar-refractivity contribution >= 4 is 18.5 Å². The first-order valence-electron chi connectivity index (χ1n) is 6.57. The van der Waals surface area contributed by atoms with Gasteiger partial charge in [-0.05, 0) is 32.4 Å². The summed E-state index contributed by atoms with van der Waals surface area (Å²) < 4.78 is -0.322. The van der Waals surface area contributed by atoms with E-state index < -0.39 is 0 Å². The van der Waals surface area contributed by atoms with Crippen LogP contribution < -0.4 is 5.32 Å². The van der Waals surface area contributed by atoms with Crippen molar-refractivity contribution < 1.29 is 4.79 Å². The monoisotopic (exact) mass is 287 g/mol. The third-order valence-electron chi connectivity index (χ3n) is 3.53. The number of imidazole rings is 1. The summed E-state index contributed by atoms with van der Waals surface area (Å²) in [5, 5.41) is 2.83. The molecule has 3 rings (SSSR count). The zero-order valence-corrected chi connectivity index (χ0v) is 12.6. The zero-order chi connectivity index (χ0) is 14.5. The molecule has 0 bridgehead atoms. The van der Waals surface area contributed by atoms with Crippen molar-refractivity contribution in [3.05, 3.63) is 40.8 Å². The van der Waals surface area contributed by atoms with Gasteiger partial charge in [0.2, 0.25) is 0 Å². The average Bonchev–Trinajstić information content (AvgIpc) is 2.93. The van der Waals surface area contributed by atoms with Gasteiger partial charge in [-0.1, -0.05) is 12.1 Å². The summed E-state index contributed by atoms with van der Waals surface area (Å²) in [6, 6.07) is 5.91. The van der Waals surface area contributed by atoms with Crippen LogP contribution in [0.15, 0.2) is 18.2 Å². The van der Waals surface area contributed by atoms with Crippen LogP contribution >= 0.6 is 12.6 Å². The van der Waals surface area contributed by atoms with Gasteiger partial charge in [0.25, 0.3) is 5.91 Å². The summed E-state index contributed by atoms with van der Waals surface area (Å²) in [4.78, 5) is 19.7. The van der Waals surface area contributed by atoms with Gasteiger partial charge >= 0.3 is 0 Å². The summed E-state index contributed by atoms with van der Waals surface area (Å²) in [6.45, 7) is 6.59. The topological polar surface area (TPSA) is 57.8 Å². The Bertz CT molecular complexity index is 698. The lowest BCUT2D eigenvalue weighted by Crippen LogP contribution is -2.12. The number of hydrogen-bond donors (Lipinski definition) is 3. The van der Waals surface area contributed by atoms with Gasteiger partial charge in [0, 0.05) is 23.4 Å². The molecule has 1 aromatic carbocycles. The second-order valence-corrected chi connectivity index (χ2v) is 6.79. The minimum absolute atomic E-state index is 0.00946. The largest absolute Gasteiger partial charge is 0.348 e. The molecule has 0 spiro atoms. The number of nitrogens with zero attached hydrogens (tertiary/aromatic N) is 1. The van der Waals surface area contributed by atoms with Crippen LogP contribution in [0.2, 0.25) is 0 Å². The first kappa shape index (κ1) is 13.2. The fourth-order valence-corrected chi connectivity index (χ4v) is 2.50. The Morgan fingerprint density at radius 1 is 1.35 bits per heavy atom. The van der Waals surface area contributed by atoms with E-state index in [1.807, 2.05) is 39.0 Å². The molecule has 1 aliphatic heterocycles. The van der Waals surface area contributed by atoms with Crippen LogP contribution in [0.3, 0.4) is 0 Å². The molecule has 0 aliphatic carbocycles. The number of aromatic amines is 1. The number of rotatable bonds is 2. The maximum atomic E-state index is 11.7. The fraction of sp³-hybridized carbons (Fsp3) is 0.333. The molecule has 4 nitrogen and oxygen atoms in total. The number of hydrogen-bond acceptors (Lipinski definition) is 3. The van der Waals surface area contributed by atoms with Crippen molar-refractivity contribution in [3.8, 4) is 11.3 Å². The maximum Gasteiger partial charge on any atom is 0.251 e. The van der Waals surface area contributed by atoms with Gasteiger partial charge in [-0.15, -0.1) is 0 Å². The fourth-order valence-electron chi connectivity index (χ4n) is 2.39. The molecule has 5 heteroatoms. The second kappa shape index (κ2) is 4.38. The molecule has 0 saturated carbocycles. The minimum Gasteiger partial charge on any atom is -0.348 e. The number of amides is 1. The Morgan fingerprint density at radius 3 is 2.75 bits per heavy atom. The number of carbonyl (C=O) groups is 1. The maximum absolute atomic E-state index is 11.7. The van der Waals surface area contributed by atoms with E-state index in [4.69, 9.17) is 0 Å². The first-order valence-corrected chi connectivity index (χ1v) is 7.02. The summed E-state index contributed by atoms with van der Waals surface area (Å²) in [7, 11) is 0. The Kier molecular flexibility index (Phi) is 2.90. The number of carbonyl (C=O) groups excluding carboxylic acids is 1. The van der Waals surface area contributed by atoms with E-state index in [0.717, 1.165) is 33.9 Å².